The van der Waals surface area contributed by atoms with E-state index >= 15 is 0 Å². The third-order valence-corrected chi connectivity index (χ3v) is 5.12. The first-order valence-corrected chi connectivity index (χ1v) is 10.5. The molecular formula is C22H32N2O5. The molecule has 1 atom stereocenters. The second-order valence-electron chi connectivity index (χ2n) is 7.50. The fourth-order valence-corrected chi connectivity index (χ4v) is 3.31. The number of cyclic esters (lactones) is 1. The molecule has 2 rings (SSSR count). The van der Waals surface area contributed by atoms with Gasteiger partial charge in [-0.15, -0.1) is 0 Å². The van der Waals surface area contributed by atoms with Gasteiger partial charge in [0.15, 0.2) is 0 Å². The first kappa shape index (κ1) is 22.7. The highest BCUT2D eigenvalue weighted by Crippen LogP contribution is 2.22. The predicted octanol–water partition coefficient (Wildman–Crippen LogP) is 2.99. The lowest BCUT2D eigenvalue weighted by Gasteiger charge is -2.23. The van der Waals surface area contributed by atoms with Crippen LogP contribution < -0.4 is 15.8 Å². The number of hydrogen-bond acceptors (Lipinski definition) is 5. The molecule has 1 fully saturated rings. The SMILES string of the molecule is CCCCCCCCCCOc1ccc(CCC2(C(N)=O)NC(=O)C(=O)O2)cc1. The average Bonchev–Trinajstić information content (AvgIpc) is 3.01. The van der Waals surface area contributed by atoms with Crippen molar-refractivity contribution in [1.82, 2.24) is 5.32 Å². The normalized spacial score (nSPS) is 18.4. The predicted molar refractivity (Wildman–Crippen MR) is 109 cm³/mol. The summed E-state index contributed by atoms with van der Waals surface area (Å²) in [5.74, 6) is -2.13. The van der Waals surface area contributed by atoms with Crippen LogP contribution in [0, 0.1) is 0 Å². The molecule has 1 heterocycles. The van der Waals surface area contributed by atoms with Gasteiger partial charge >= 0.3 is 11.9 Å². The van der Waals surface area contributed by atoms with Crippen LogP contribution >= 0.6 is 0 Å². The largest absolute Gasteiger partial charge is 0.494 e. The van der Waals surface area contributed by atoms with Crippen LogP contribution in [-0.4, -0.2) is 30.1 Å². The van der Waals surface area contributed by atoms with E-state index in [0.29, 0.717) is 13.0 Å². The number of ether oxygens (including phenoxy) is 2. The molecule has 1 unspecified atom stereocenters. The highest BCUT2D eigenvalue weighted by atomic mass is 16.6. The highest BCUT2D eigenvalue weighted by molar-refractivity contribution is 6.35. The van der Waals surface area contributed by atoms with Crippen LogP contribution in [-0.2, 0) is 25.5 Å². The van der Waals surface area contributed by atoms with E-state index in [9.17, 15) is 14.4 Å². The van der Waals surface area contributed by atoms with Gasteiger partial charge in [0.25, 0.3) is 11.6 Å². The maximum absolute atomic E-state index is 11.7. The molecule has 0 bridgehead atoms. The van der Waals surface area contributed by atoms with Crippen LogP contribution in [0.2, 0.25) is 0 Å². The van der Waals surface area contributed by atoms with Gasteiger partial charge in [-0.3, -0.25) is 9.59 Å². The lowest BCUT2D eigenvalue weighted by Crippen LogP contribution is -2.54. The minimum atomic E-state index is -1.76. The van der Waals surface area contributed by atoms with Gasteiger partial charge in [-0.25, -0.2) is 4.79 Å². The van der Waals surface area contributed by atoms with Crippen molar-refractivity contribution in [3.63, 3.8) is 0 Å². The van der Waals surface area contributed by atoms with Gasteiger partial charge in [-0.2, -0.15) is 0 Å². The second kappa shape index (κ2) is 11.4. The average molecular weight is 405 g/mol. The number of benzene rings is 1. The summed E-state index contributed by atoms with van der Waals surface area (Å²) >= 11 is 0. The zero-order valence-electron chi connectivity index (χ0n) is 17.2. The number of aryl methyl sites for hydroxylation is 1. The Morgan fingerprint density at radius 3 is 2.21 bits per heavy atom. The molecule has 3 N–H and O–H groups in total. The summed E-state index contributed by atoms with van der Waals surface area (Å²) in [6.07, 6.45) is 10.6. The molecule has 0 spiro atoms. The first-order valence-electron chi connectivity index (χ1n) is 10.5. The minimum Gasteiger partial charge on any atom is -0.494 e. The number of carbonyl (C=O) groups excluding carboxylic acids is 3. The van der Waals surface area contributed by atoms with Crippen LogP contribution in [0.25, 0.3) is 0 Å². The number of esters is 1. The molecule has 7 nitrogen and oxygen atoms in total. The van der Waals surface area contributed by atoms with Crippen LogP contribution in [0.1, 0.15) is 70.3 Å². The first-order chi connectivity index (χ1) is 14.0. The Morgan fingerprint density at radius 1 is 1.03 bits per heavy atom. The third-order valence-electron chi connectivity index (χ3n) is 5.12. The Labute approximate surface area is 172 Å². The number of nitrogens with two attached hydrogens (primary N) is 1. The quantitative estimate of drug-likeness (QED) is 0.282. The Kier molecular flexibility index (Phi) is 8.96. The number of unbranched alkanes of at least 4 members (excludes halogenated alkanes) is 7. The Morgan fingerprint density at radius 2 is 1.66 bits per heavy atom. The summed E-state index contributed by atoms with van der Waals surface area (Å²) in [6.45, 7) is 2.92. The van der Waals surface area contributed by atoms with E-state index in [1.165, 1.54) is 44.9 Å². The van der Waals surface area contributed by atoms with Gasteiger partial charge in [0.2, 0.25) is 0 Å². The number of nitrogens with one attached hydrogen (secondary N) is 1. The van der Waals surface area contributed by atoms with E-state index in [1.54, 1.807) is 0 Å². The summed E-state index contributed by atoms with van der Waals surface area (Å²) in [4.78, 5) is 34.3. The number of primary amides is 1. The molecule has 7 heteroatoms. The van der Waals surface area contributed by atoms with Gasteiger partial charge in [0.1, 0.15) is 5.75 Å². The number of hydrogen-bond donors (Lipinski definition) is 2. The van der Waals surface area contributed by atoms with Crippen molar-refractivity contribution in [3.05, 3.63) is 29.8 Å². The Hall–Kier alpha value is -2.57. The van der Waals surface area contributed by atoms with Crippen molar-refractivity contribution in [2.75, 3.05) is 6.61 Å². The van der Waals surface area contributed by atoms with Crippen molar-refractivity contribution in [1.29, 1.82) is 0 Å². The molecule has 0 aromatic heterocycles. The molecule has 0 saturated carbocycles. The maximum Gasteiger partial charge on any atom is 0.399 e. The summed E-state index contributed by atoms with van der Waals surface area (Å²) < 4.78 is 10.7. The molecule has 0 radical (unpaired) electrons. The van der Waals surface area contributed by atoms with Gasteiger partial charge in [-0.1, -0.05) is 64.0 Å². The standard InChI is InChI=1S/C22H32N2O5/c1-2-3-4-5-6-7-8-9-16-28-18-12-10-17(11-13-18)14-15-22(21(23)27)24-19(25)20(26)29-22/h10-13H,2-9,14-16H2,1H3,(H2,23,27)(H,24,25). The van der Waals surface area contributed by atoms with Gasteiger partial charge in [0.05, 0.1) is 6.61 Å². The maximum atomic E-state index is 11.7. The molecule has 1 aromatic carbocycles. The van der Waals surface area contributed by atoms with E-state index in [1.807, 2.05) is 24.3 Å². The van der Waals surface area contributed by atoms with E-state index in [0.717, 1.165) is 17.7 Å². The third kappa shape index (κ3) is 7.07. The summed E-state index contributed by atoms with van der Waals surface area (Å²) in [5, 5.41) is 2.25. The van der Waals surface area contributed by atoms with E-state index in [4.69, 9.17) is 15.2 Å². The highest BCUT2D eigenvalue weighted by Gasteiger charge is 2.50. The number of rotatable bonds is 14. The molecule has 0 aliphatic carbocycles. The van der Waals surface area contributed by atoms with Crippen LogP contribution in [0.15, 0.2) is 24.3 Å². The van der Waals surface area contributed by atoms with Gasteiger partial charge in [-0.05, 0) is 30.5 Å². The molecule has 1 aromatic rings. The number of carbonyl (C=O) groups is 3. The molecular weight excluding hydrogens is 372 g/mol. The Balaban J connectivity index is 1.67. The van der Waals surface area contributed by atoms with Crippen LogP contribution in [0.3, 0.4) is 0 Å². The van der Waals surface area contributed by atoms with Crippen LogP contribution in [0.5, 0.6) is 5.75 Å². The lowest BCUT2D eigenvalue weighted by molar-refractivity contribution is -0.160. The molecule has 1 aliphatic heterocycles. The number of amides is 2. The van der Waals surface area contributed by atoms with Crippen molar-refractivity contribution in [3.8, 4) is 5.75 Å². The van der Waals surface area contributed by atoms with Crippen molar-refractivity contribution in [2.45, 2.75) is 76.9 Å². The lowest BCUT2D eigenvalue weighted by atomic mass is 10.0. The molecule has 1 saturated heterocycles. The van der Waals surface area contributed by atoms with Gasteiger partial charge in [0, 0.05) is 6.42 Å². The van der Waals surface area contributed by atoms with Crippen molar-refractivity contribution >= 4 is 17.8 Å². The monoisotopic (exact) mass is 404 g/mol. The molecule has 29 heavy (non-hydrogen) atoms. The van der Waals surface area contributed by atoms with Crippen LogP contribution in [0.4, 0.5) is 0 Å². The minimum absolute atomic E-state index is 0.0816. The van der Waals surface area contributed by atoms with E-state index in [2.05, 4.69) is 12.2 Å². The van der Waals surface area contributed by atoms with Gasteiger partial charge < -0.3 is 20.5 Å². The smallest absolute Gasteiger partial charge is 0.399 e. The second-order valence-corrected chi connectivity index (χ2v) is 7.50. The van der Waals surface area contributed by atoms with E-state index in [-0.39, 0.29) is 6.42 Å². The molecule has 160 valence electrons. The fourth-order valence-electron chi connectivity index (χ4n) is 3.31. The fraction of sp³-hybridized carbons (Fsp3) is 0.591. The topological polar surface area (TPSA) is 108 Å². The van der Waals surface area contributed by atoms with Crippen molar-refractivity contribution < 1.29 is 23.9 Å². The molecule has 1 aliphatic rings. The molecule has 2 amide bonds. The summed E-state index contributed by atoms with van der Waals surface area (Å²) in [6, 6.07) is 7.51. The summed E-state index contributed by atoms with van der Waals surface area (Å²) in [7, 11) is 0. The zero-order chi connectivity index (χ0) is 21.1. The van der Waals surface area contributed by atoms with Crippen molar-refractivity contribution in [2.24, 2.45) is 5.73 Å². The van der Waals surface area contributed by atoms with E-state index < -0.39 is 23.5 Å². The summed E-state index contributed by atoms with van der Waals surface area (Å²) in [5.41, 5.74) is 4.47. The Bertz CT molecular complexity index is 671. The zero-order valence-corrected chi connectivity index (χ0v) is 17.2.